The number of rotatable bonds is 7. The van der Waals surface area contributed by atoms with Crippen LogP contribution in [0.15, 0.2) is 4.42 Å². The van der Waals surface area contributed by atoms with Crippen LogP contribution in [0.3, 0.4) is 0 Å². The third-order valence-corrected chi connectivity index (χ3v) is 3.79. The Hall–Kier alpha value is -1.10. The van der Waals surface area contributed by atoms with Gasteiger partial charge in [0.05, 0.1) is 6.54 Å². The van der Waals surface area contributed by atoms with Crippen molar-refractivity contribution in [3.05, 3.63) is 5.89 Å². The first-order chi connectivity index (χ1) is 8.99. The van der Waals surface area contributed by atoms with Gasteiger partial charge in [-0.05, 0) is 44.7 Å². The highest BCUT2D eigenvalue weighted by Gasteiger charge is 2.37. The number of hydrogen-bond donors (Lipinski definition) is 1. The molecule has 1 aromatic rings. The Morgan fingerprint density at radius 3 is 2.58 bits per heavy atom. The number of anilines is 1. The average molecular weight is 266 g/mol. The van der Waals surface area contributed by atoms with Crippen LogP contribution in [0.1, 0.15) is 45.4 Å². The Morgan fingerprint density at radius 2 is 2.05 bits per heavy atom. The molecule has 1 fully saturated rings. The van der Waals surface area contributed by atoms with Gasteiger partial charge in [-0.1, -0.05) is 25.4 Å². The van der Waals surface area contributed by atoms with Gasteiger partial charge < -0.3 is 14.6 Å². The van der Waals surface area contributed by atoms with Crippen LogP contribution < -0.4 is 5.32 Å². The summed E-state index contributed by atoms with van der Waals surface area (Å²) in [6, 6.07) is 0.562. The van der Waals surface area contributed by atoms with Crippen molar-refractivity contribution in [1.82, 2.24) is 15.1 Å². The molecule has 1 heterocycles. The zero-order valence-corrected chi connectivity index (χ0v) is 12.6. The quantitative estimate of drug-likeness (QED) is 0.822. The second kappa shape index (κ2) is 5.90. The SMILES string of the molecule is CC(C)CC1(CNc2nnc(CN(C)C)o2)CCC1. The van der Waals surface area contributed by atoms with Crippen LogP contribution in [0.4, 0.5) is 6.01 Å². The summed E-state index contributed by atoms with van der Waals surface area (Å²) >= 11 is 0. The average Bonchev–Trinajstić information content (AvgIpc) is 2.68. The highest BCUT2D eigenvalue weighted by atomic mass is 16.4. The van der Waals surface area contributed by atoms with Gasteiger partial charge in [0.25, 0.3) is 0 Å². The molecule has 0 atom stereocenters. The fourth-order valence-electron chi connectivity index (χ4n) is 2.92. The van der Waals surface area contributed by atoms with Gasteiger partial charge in [0.15, 0.2) is 0 Å². The van der Waals surface area contributed by atoms with E-state index >= 15 is 0 Å². The second-order valence-electron chi connectivity index (χ2n) is 6.54. The van der Waals surface area contributed by atoms with Crippen molar-refractivity contribution in [3.63, 3.8) is 0 Å². The van der Waals surface area contributed by atoms with Crippen molar-refractivity contribution < 1.29 is 4.42 Å². The van der Waals surface area contributed by atoms with E-state index in [2.05, 4.69) is 29.4 Å². The molecule has 1 saturated carbocycles. The molecule has 0 amide bonds. The van der Waals surface area contributed by atoms with Crippen molar-refractivity contribution in [2.45, 2.75) is 46.1 Å². The maximum Gasteiger partial charge on any atom is 0.315 e. The van der Waals surface area contributed by atoms with Gasteiger partial charge >= 0.3 is 6.01 Å². The van der Waals surface area contributed by atoms with E-state index < -0.39 is 0 Å². The van der Waals surface area contributed by atoms with E-state index in [0.29, 0.717) is 23.9 Å². The molecular weight excluding hydrogens is 240 g/mol. The molecular formula is C14H26N4O. The van der Waals surface area contributed by atoms with E-state index in [4.69, 9.17) is 4.42 Å². The van der Waals surface area contributed by atoms with Crippen molar-refractivity contribution >= 4 is 6.01 Å². The molecule has 0 saturated heterocycles. The minimum Gasteiger partial charge on any atom is -0.407 e. The van der Waals surface area contributed by atoms with Gasteiger partial charge in [-0.25, -0.2) is 0 Å². The normalized spacial score (nSPS) is 17.8. The molecule has 2 rings (SSSR count). The maximum atomic E-state index is 5.59. The van der Waals surface area contributed by atoms with Crippen molar-refractivity contribution in [3.8, 4) is 0 Å². The van der Waals surface area contributed by atoms with Crippen LogP contribution in [0.25, 0.3) is 0 Å². The molecule has 0 radical (unpaired) electrons. The van der Waals surface area contributed by atoms with Crippen LogP contribution in [0.5, 0.6) is 0 Å². The molecule has 108 valence electrons. The highest BCUT2D eigenvalue weighted by molar-refractivity contribution is 5.18. The molecule has 0 bridgehead atoms. The lowest BCUT2D eigenvalue weighted by atomic mass is 9.64. The number of aromatic nitrogens is 2. The minimum absolute atomic E-state index is 0.449. The predicted molar refractivity (Wildman–Crippen MR) is 75.9 cm³/mol. The predicted octanol–water partition coefficient (Wildman–Crippen LogP) is 2.76. The first-order valence-electron chi connectivity index (χ1n) is 7.20. The van der Waals surface area contributed by atoms with Crippen LogP contribution >= 0.6 is 0 Å². The van der Waals surface area contributed by atoms with E-state index in [-0.39, 0.29) is 0 Å². The van der Waals surface area contributed by atoms with Crippen molar-refractivity contribution in [2.75, 3.05) is 26.0 Å². The molecule has 1 N–H and O–H groups in total. The summed E-state index contributed by atoms with van der Waals surface area (Å²) < 4.78 is 5.59. The fourth-order valence-corrected chi connectivity index (χ4v) is 2.92. The summed E-state index contributed by atoms with van der Waals surface area (Å²) in [4.78, 5) is 2.02. The molecule has 0 spiro atoms. The van der Waals surface area contributed by atoms with Gasteiger partial charge in [0.1, 0.15) is 0 Å². The lowest BCUT2D eigenvalue weighted by Crippen LogP contribution is -2.37. The largest absolute Gasteiger partial charge is 0.407 e. The minimum atomic E-state index is 0.449. The van der Waals surface area contributed by atoms with E-state index in [9.17, 15) is 0 Å². The Balaban J connectivity index is 1.85. The second-order valence-corrected chi connectivity index (χ2v) is 6.54. The number of nitrogens with one attached hydrogen (secondary N) is 1. The molecule has 0 aromatic carbocycles. The van der Waals surface area contributed by atoms with Crippen LogP contribution in [-0.2, 0) is 6.54 Å². The van der Waals surface area contributed by atoms with Gasteiger partial charge in [-0.15, -0.1) is 5.10 Å². The Morgan fingerprint density at radius 1 is 1.32 bits per heavy atom. The third-order valence-electron chi connectivity index (χ3n) is 3.79. The smallest absolute Gasteiger partial charge is 0.315 e. The van der Waals surface area contributed by atoms with Gasteiger partial charge in [-0.3, -0.25) is 0 Å². The monoisotopic (exact) mass is 266 g/mol. The van der Waals surface area contributed by atoms with Crippen LogP contribution in [0.2, 0.25) is 0 Å². The van der Waals surface area contributed by atoms with Gasteiger partial charge in [0, 0.05) is 6.54 Å². The summed E-state index contributed by atoms with van der Waals surface area (Å²) in [5, 5.41) is 11.4. The molecule has 5 heteroatoms. The van der Waals surface area contributed by atoms with Crippen molar-refractivity contribution in [1.29, 1.82) is 0 Å². The van der Waals surface area contributed by atoms with E-state index in [1.54, 1.807) is 0 Å². The lowest BCUT2D eigenvalue weighted by Gasteiger charge is -2.43. The number of hydrogen-bond acceptors (Lipinski definition) is 5. The molecule has 1 aromatic heterocycles. The molecule has 0 aliphatic heterocycles. The van der Waals surface area contributed by atoms with Crippen LogP contribution in [0, 0.1) is 11.3 Å². The van der Waals surface area contributed by atoms with E-state index in [1.807, 2.05) is 19.0 Å². The molecule has 1 aliphatic rings. The Kier molecular flexibility index (Phi) is 4.45. The fraction of sp³-hybridized carbons (Fsp3) is 0.857. The van der Waals surface area contributed by atoms with E-state index in [0.717, 1.165) is 12.5 Å². The standard InChI is InChI=1S/C14H26N4O/c1-11(2)8-14(6-5-7-14)10-15-13-17-16-12(19-13)9-18(3)4/h11H,5-10H2,1-4H3,(H,15,17). The van der Waals surface area contributed by atoms with Crippen molar-refractivity contribution in [2.24, 2.45) is 11.3 Å². The molecule has 19 heavy (non-hydrogen) atoms. The summed E-state index contributed by atoms with van der Waals surface area (Å²) in [6.07, 6.45) is 5.26. The molecule has 0 unspecified atom stereocenters. The summed E-state index contributed by atoms with van der Waals surface area (Å²) in [5.74, 6) is 1.41. The summed E-state index contributed by atoms with van der Waals surface area (Å²) in [5.41, 5.74) is 0.449. The number of nitrogens with zero attached hydrogens (tertiary/aromatic N) is 3. The van der Waals surface area contributed by atoms with Crippen LogP contribution in [-0.4, -0.2) is 35.7 Å². The molecule has 1 aliphatic carbocycles. The first kappa shape index (κ1) is 14.3. The first-order valence-corrected chi connectivity index (χ1v) is 7.20. The molecule has 5 nitrogen and oxygen atoms in total. The highest BCUT2D eigenvalue weighted by Crippen LogP contribution is 2.45. The Bertz CT molecular complexity index is 396. The summed E-state index contributed by atoms with van der Waals surface area (Å²) in [7, 11) is 3.98. The van der Waals surface area contributed by atoms with E-state index in [1.165, 1.54) is 25.7 Å². The van der Waals surface area contributed by atoms with Gasteiger partial charge in [0.2, 0.25) is 5.89 Å². The topological polar surface area (TPSA) is 54.2 Å². The lowest BCUT2D eigenvalue weighted by molar-refractivity contribution is 0.116. The summed E-state index contributed by atoms with van der Waals surface area (Å²) in [6.45, 7) is 6.23. The zero-order valence-electron chi connectivity index (χ0n) is 12.6. The Labute approximate surface area is 115 Å². The van der Waals surface area contributed by atoms with Gasteiger partial charge in [-0.2, -0.15) is 0 Å². The maximum absolute atomic E-state index is 5.59. The zero-order chi connectivity index (χ0) is 13.9. The third kappa shape index (κ3) is 3.93.